The van der Waals surface area contributed by atoms with Crippen LogP contribution in [-0.2, 0) is 11.2 Å². The van der Waals surface area contributed by atoms with Gasteiger partial charge in [-0.1, -0.05) is 6.92 Å². The zero-order valence-corrected chi connectivity index (χ0v) is 12.7. The van der Waals surface area contributed by atoms with Crippen molar-refractivity contribution in [2.24, 2.45) is 0 Å². The van der Waals surface area contributed by atoms with Crippen LogP contribution >= 0.6 is 0 Å². The van der Waals surface area contributed by atoms with Gasteiger partial charge in [0.15, 0.2) is 5.65 Å². The Hall–Kier alpha value is -1.62. The molecule has 1 aliphatic rings. The number of nitrogens with zero attached hydrogens (tertiary/aromatic N) is 3. The van der Waals surface area contributed by atoms with E-state index in [2.05, 4.69) is 28.4 Å². The summed E-state index contributed by atoms with van der Waals surface area (Å²) in [6, 6.07) is 4.04. The van der Waals surface area contributed by atoms with Gasteiger partial charge < -0.3 is 10.1 Å². The van der Waals surface area contributed by atoms with Gasteiger partial charge in [0, 0.05) is 31.0 Å². The van der Waals surface area contributed by atoms with Crippen molar-refractivity contribution in [2.45, 2.75) is 51.6 Å². The third-order valence-corrected chi connectivity index (χ3v) is 4.06. The minimum atomic E-state index is 0.510. The van der Waals surface area contributed by atoms with Crippen LogP contribution in [0.4, 0.5) is 5.82 Å². The molecule has 2 aromatic heterocycles. The number of nitrogens with one attached hydrogen (secondary N) is 1. The number of ether oxygens (including phenoxy) is 1. The molecule has 0 bridgehead atoms. The molecule has 3 heterocycles. The van der Waals surface area contributed by atoms with Crippen molar-refractivity contribution in [3.63, 3.8) is 0 Å². The minimum Gasteiger partial charge on any atom is -0.378 e. The number of anilines is 1. The Kier molecular flexibility index (Phi) is 4.70. The topological polar surface area (TPSA) is 51.5 Å². The molecule has 3 rings (SSSR count). The first-order valence-corrected chi connectivity index (χ1v) is 8.06. The van der Waals surface area contributed by atoms with Gasteiger partial charge in [0.25, 0.3) is 0 Å². The van der Waals surface area contributed by atoms with E-state index in [4.69, 9.17) is 4.74 Å². The number of fused-ring (bicyclic) bond motifs is 1. The molecule has 1 fully saturated rings. The predicted molar refractivity (Wildman–Crippen MR) is 83.7 cm³/mol. The van der Waals surface area contributed by atoms with Gasteiger partial charge in [0.05, 0.1) is 12.3 Å². The molecule has 0 saturated carbocycles. The predicted octanol–water partition coefficient (Wildman–Crippen LogP) is 3.05. The van der Waals surface area contributed by atoms with E-state index in [0.717, 1.165) is 43.2 Å². The van der Waals surface area contributed by atoms with E-state index in [9.17, 15) is 0 Å². The molecule has 5 nitrogen and oxygen atoms in total. The Labute approximate surface area is 125 Å². The highest BCUT2D eigenvalue weighted by Gasteiger charge is 2.14. The number of hydrogen-bond acceptors (Lipinski definition) is 4. The van der Waals surface area contributed by atoms with E-state index in [-0.39, 0.29) is 0 Å². The van der Waals surface area contributed by atoms with Crippen LogP contribution in [0.2, 0.25) is 0 Å². The van der Waals surface area contributed by atoms with E-state index in [1.54, 1.807) is 6.20 Å². The summed E-state index contributed by atoms with van der Waals surface area (Å²) in [6.45, 7) is 4.05. The molecule has 1 saturated heterocycles. The fraction of sp³-hybridized carbons (Fsp3) is 0.625. The molecule has 2 aromatic rings. The van der Waals surface area contributed by atoms with Crippen LogP contribution in [0.15, 0.2) is 18.3 Å². The maximum atomic E-state index is 5.65. The van der Waals surface area contributed by atoms with Gasteiger partial charge >= 0.3 is 0 Å². The van der Waals surface area contributed by atoms with Crippen molar-refractivity contribution in [2.75, 3.05) is 18.5 Å². The van der Waals surface area contributed by atoms with E-state index >= 15 is 0 Å². The summed E-state index contributed by atoms with van der Waals surface area (Å²) in [7, 11) is 0. The zero-order valence-electron chi connectivity index (χ0n) is 12.7. The SMILES string of the molecule is CCc1cc(NCCCCC2CCCO2)n2nccc2n1. The lowest BCUT2D eigenvalue weighted by molar-refractivity contribution is 0.102. The second-order valence-electron chi connectivity index (χ2n) is 5.65. The standard InChI is InChI=1S/C16H24N4O/c1-2-13-12-16(20-15(19-13)8-10-18-20)17-9-4-3-6-14-7-5-11-21-14/h8,10,12,14,17H,2-7,9,11H2,1H3. The monoisotopic (exact) mass is 288 g/mol. The first-order valence-electron chi connectivity index (χ1n) is 8.06. The lowest BCUT2D eigenvalue weighted by Crippen LogP contribution is -2.10. The summed E-state index contributed by atoms with van der Waals surface area (Å²) >= 11 is 0. The third kappa shape index (κ3) is 3.53. The minimum absolute atomic E-state index is 0.510. The van der Waals surface area contributed by atoms with Crippen LogP contribution in [0.3, 0.4) is 0 Å². The Balaban J connectivity index is 1.51. The number of rotatable bonds is 7. The highest BCUT2D eigenvalue weighted by Crippen LogP contribution is 2.18. The number of unbranched alkanes of at least 4 members (excludes halogenated alkanes) is 1. The van der Waals surface area contributed by atoms with Gasteiger partial charge in [-0.3, -0.25) is 0 Å². The van der Waals surface area contributed by atoms with Crippen molar-refractivity contribution < 1.29 is 4.74 Å². The molecule has 0 aromatic carbocycles. The van der Waals surface area contributed by atoms with E-state index in [0.29, 0.717) is 6.10 Å². The first kappa shape index (κ1) is 14.3. The van der Waals surface area contributed by atoms with Crippen molar-refractivity contribution in [1.29, 1.82) is 0 Å². The van der Waals surface area contributed by atoms with Gasteiger partial charge in [-0.2, -0.15) is 9.61 Å². The Morgan fingerprint density at radius 1 is 1.43 bits per heavy atom. The van der Waals surface area contributed by atoms with Crippen LogP contribution in [0.25, 0.3) is 5.65 Å². The van der Waals surface area contributed by atoms with E-state index in [1.807, 2.05) is 10.6 Å². The molecule has 5 heteroatoms. The highest BCUT2D eigenvalue weighted by atomic mass is 16.5. The molecular weight excluding hydrogens is 264 g/mol. The zero-order chi connectivity index (χ0) is 14.5. The second-order valence-corrected chi connectivity index (χ2v) is 5.65. The van der Waals surface area contributed by atoms with E-state index < -0.39 is 0 Å². The average Bonchev–Trinajstić information content (AvgIpc) is 3.17. The molecule has 1 aliphatic heterocycles. The molecule has 114 valence electrons. The number of hydrogen-bond donors (Lipinski definition) is 1. The fourth-order valence-electron chi connectivity index (χ4n) is 2.86. The normalized spacial score (nSPS) is 18.4. The molecule has 1 N–H and O–H groups in total. The molecule has 21 heavy (non-hydrogen) atoms. The number of aryl methyl sites for hydroxylation is 1. The van der Waals surface area contributed by atoms with Crippen LogP contribution in [0.1, 0.15) is 44.7 Å². The molecular formula is C16H24N4O. The van der Waals surface area contributed by atoms with Gasteiger partial charge in [-0.05, 0) is 38.5 Å². The summed E-state index contributed by atoms with van der Waals surface area (Å²) in [6.07, 6.45) is 9.28. The first-order chi connectivity index (χ1) is 10.4. The Morgan fingerprint density at radius 3 is 3.19 bits per heavy atom. The summed E-state index contributed by atoms with van der Waals surface area (Å²) < 4.78 is 7.53. The van der Waals surface area contributed by atoms with Gasteiger partial charge in [0.1, 0.15) is 5.82 Å². The molecule has 0 amide bonds. The van der Waals surface area contributed by atoms with Crippen molar-refractivity contribution in [3.8, 4) is 0 Å². The maximum absolute atomic E-state index is 5.65. The van der Waals surface area contributed by atoms with Crippen LogP contribution in [-0.4, -0.2) is 33.9 Å². The molecule has 0 spiro atoms. The maximum Gasteiger partial charge on any atom is 0.157 e. The van der Waals surface area contributed by atoms with Crippen molar-refractivity contribution >= 4 is 11.5 Å². The largest absolute Gasteiger partial charge is 0.378 e. The summed E-state index contributed by atoms with van der Waals surface area (Å²) in [4.78, 5) is 4.55. The smallest absolute Gasteiger partial charge is 0.157 e. The van der Waals surface area contributed by atoms with Crippen LogP contribution < -0.4 is 5.32 Å². The summed E-state index contributed by atoms with van der Waals surface area (Å²) in [5.74, 6) is 1.04. The van der Waals surface area contributed by atoms with Gasteiger partial charge in [0.2, 0.25) is 0 Å². The number of aromatic nitrogens is 3. The van der Waals surface area contributed by atoms with Gasteiger partial charge in [-0.15, -0.1) is 0 Å². The summed E-state index contributed by atoms with van der Waals surface area (Å²) in [5.41, 5.74) is 2.01. The van der Waals surface area contributed by atoms with E-state index in [1.165, 1.54) is 25.7 Å². The Morgan fingerprint density at radius 2 is 2.38 bits per heavy atom. The van der Waals surface area contributed by atoms with Crippen LogP contribution in [0, 0.1) is 0 Å². The molecule has 0 radical (unpaired) electrons. The molecule has 1 atom stereocenters. The molecule has 0 aliphatic carbocycles. The second kappa shape index (κ2) is 6.89. The van der Waals surface area contributed by atoms with Crippen molar-refractivity contribution in [1.82, 2.24) is 14.6 Å². The van der Waals surface area contributed by atoms with Crippen LogP contribution in [0.5, 0.6) is 0 Å². The molecule has 1 unspecified atom stereocenters. The lowest BCUT2D eigenvalue weighted by Gasteiger charge is -2.11. The highest BCUT2D eigenvalue weighted by molar-refractivity contribution is 5.49. The van der Waals surface area contributed by atoms with Gasteiger partial charge in [-0.25, -0.2) is 4.98 Å². The summed E-state index contributed by atoms with van der Waals surface area (Å²) in [5, 5.41) is 7.82. The third-order valence-electron chi connectivity index (χ3n) is 4.06. The fourth-order valence-corrected chi connectivity index (χ4v) is 2.86. The average molecular weight is 288 g/mol. The quantitative estimate of drug-likeness (QED) is 0.796. The Bertz CT molecular complexity index is 575. The van der Waals surface area contributed by atoms with Crippen molar-refractivity contribution in [3.05, 3.63) is 24.0 Å². The lowest BCUT2D eigenvalue weighted by atomic mass is 10.1.